The van der Waals surface area contributed by atoms with Crippen molar-refractivity contribution >= 4 is 0 Å². The van der Waals surface area contributed by atoms with Crippen LogP contribution in [0, 0.1) is 0 Å². The van der Waals surface area contributed by atoms with Crippen molar-refractivity contribution < 1.29 is 4.74 Å². The molecule has 0 saturated heterocycles. The Morgan fingerprint density at radius 3 is 2.29 bits per heavy atom. The lowest BCUT2D eigenvalue weighted by atomic mass is 10.1. The summed E-state index contributed by atoms with van der Waals surface area (Å²) in [5.74, 6) is 0. The van der Waals surface area contributed by atoms with Gasteiger partial charge >= 0.3 is 0 Å². The molecule has 2 aromatic rings. The van der Waals surface area contributed by atoms with Crippen molar-refractivity contribution in [2.45, 2.75) is 33.1 Å². The van der Waals surface area contributed by atoms with E-state index in [2.05, 4.69) is 67.9 Å². The van der Waals surface area contributed by atoms with E-state index in [9.17, 15) is 0 Å². The molecule has 0 N–H and O–H groups in total. The van der Waals surface area contributed by atoms with Crippen molar-refractivity contribution in [3.8, 4) is 11.3 Å². The first-order valence-electron chi connectivity index (χ1n) is 6.06. The Hall–Kier alpha value is -1.54. The molecule has 0 amide bonds. The molecule has 2 rings (SSSR count). The largest absolute Gasteiger partial charge is 0.356 e. The molecule has 0 aliphatic rings. The van der Waals surface area contributed by atoms with E-state index in [0.717, 1.165) is 0 Å². The van der Waals surface area contributed by atoms with Crippen LogP contribution in [-0.2, 0) is 4.74 Å². The minimum atomic E-state index is 0.0557. The Labute approximate surface area is 103 Å². The number of ether oxygens (including phenoxy) is 1. The molecular formula is C15H19NO. The summed E-state index contributed by atoms with van der Waals surface area (Å²) >= 11 is 0. The Balaban J connectivity index is 2.29. The summed E-state index contributed by atoms with van der Waals surface area (Å²) < 4.78 is 7.98. The molecule has 0 unspecified atom stereocenters. The van der Waals surface area contributed by atoms with Gasteiger partial charge in [-0.05, 0) is 38.5 Å². The van der Waals surface area contributed by atoms with E-state index >= 15 is 0 Å². The maximum absolute atomic E-state index is 5.82. The molecular weight excluding hydrogens is 210 g/mol. The van der Waals surface area contributed by atoms with Gasteiger partial charge in [0.15, 0.2) is 0 Å². The van der Waals surface area contributed by atoms with Crippen LogP contribution in [-0.4, -0.2) is 10.7 Å². The van der Waals surface area contributed by atoms with Crippen LogP contribution in [0.4, 0.5) is 0 Å². The summed E-state index contributed by atoms with van der Waals surface area (Å²) in [6, 6.07) is 14.6. The molecule has 2 heteroatoms. The molecule has 0 aliphatic heterocycles. The van der Waals surface area contributed by atoms with Gasteiger partial charge in [0.25, 0.3) is 0 Å². The van der Waals surface area contributed by atoms with E-state index in [0.29, 0.717) is 0 Å². The monoisotopic (exact) mass is 229 g/mol. The fraction of sp³-hybridized carbons (Fsp3) is 0.333. The van der Waals surface area contributed by atoms with E-state index in [-0.39, 0.29) is 12.3 Å². The van der Waals surface area contributed by atoms with Gasteiger partial charge in [-0.1, -0.05) is 30.3 Å². The molecule has 0 radical (unpaired) electrons. The molecule has 0 saturated carbocycles. The number of hydrogen-bond donors (Lipinski definition) is 0. The van der Waals surface area contributed by atoms with Gasteiger partial charge in [0.2, 0.25) is 0 Å². The predicted octanol–water partition coefficient (Wildman–Crippen LogP) is 4.10. The van der Waals surface area contributed by atoms with Gasteiger partial charge in [0.1, 0.15) is 6.23 Å². The Morgan fingerprint density at radius 2 is 1.65 bits per heavy atom. The quantitative estimate of drug-likeness (QED) is 0.770. The minimum Gasteiger partial charge on any atom is -0.356 e. The molecule has 17 heavy (non-hydrogen) atoms. The Bertz CT molecular complexity index is 459. The van der Waals surface area contributed by atoms with Crippen molar-refractivity contribution in [1.82, 2.24) is 4.57 Å². The summed E-state index contributed by atoms with van der Waals surface area (Å²) in [5.41, 5.74) is 2.41. The van der Waals surface area contributed by atoms with Gasteiger partial charge in [-0.25, -0.2) is 0 Å². The fourth-order valence-electron chi connectivity index (χ4n) is 2.02. The average Bonchev–Trinajstić information content (AvgIpc) is 2.78. The second-order valence-corrected chi connectivity index (χ2v) is 4.45. The first kappa shape index (κ1) is 11.9. The topological polar surface area (TPSA) is 14.2 Å². The molecule has 1 atom stereocenters. The zero-order valence-corrected chi connectivity index (χ0v) is 10.6. The lowest BCUT2D eigenvalue weighted by molar-refractivity contribution is -0.0237. The van der Waals surface area contributed by atoms with Crippen molar-refractivity contribution in [2.75, 3.05) is 0 Å². The summed E-state index contributed by atoms with van der Waals surface area (Å²) in [5, 5.41) is 0. The molecule has 1 heterocycles. The summed E-state index contributed by atoms with van der Waals surface area (Å²) in [6.07, 6.45) is 2.35. The normalized spacial score (nSPS) is 12.9. The lowest BCUT2D eigenvalue weighted by Gasteiger charge is -2.20. The van der Waals surface area contributed by atoms with Crippen LogP contribution in [0.1, 0.15) is 27.0 Å². The van der Waals surface area contributed by atoms with Crippen molar-refractivity contribution in [3.63, 3.8) is 0 Å². The van der Waals surface area contributed by atoms with Gasteiger partial charge in [-0.3, -0.25) is 0 Å². The van der Waals surface area contributed by atoms with E-state index in [1.165, 1.54) is 11.3 Å². The first-order chi connectivity index (χ1) is 8.18. The third-order valence-electron chi connectivity index (χ3n) is 2.71. The van der Waals surface area contributed by atoms with Gasteiger partial charge < -0.3 is 9.30 Å². The Morgan fingerprint density at radius 1 is 0.941 bits per heavy atom. The van der Waals surface area contributed by atoms with E-state index in [1.54, 1.807) is 0 Å². The van der Waals surface area contributed by atoms with Crippen molar-refractivity contribution in [1.29, 1.82) is 0 Å². The zero-order chi connectivity index (χ0) is 12.3. The number of hydrogen-bond acceptors (Lipinski definition) is 1. The van der Waals surface area contributed by atoms with Crippen LogP contribution in [0.15, 0.2) is 48.7 Å². The highest BCUT2D eigenvalue weighted by Crippen LogP contribution is 2.24. The van der Waals surface area contributed by atoms with Crippen molar-refractivity contribution in [3.05, 3.63) is 48.7 Å². The number of nitrogens with zero attached hydrogens (tertiary/aromatic N) is 1. The van der Waals surface area contributed by atoms with Crippen LogP contribution in [0.2, 0.25) is 0 Å². The van der Waals surface area contributed by atoms with Crippen LogP contribution in [0.5, 0.6) is 0 Å². The Kier molecular flexibility index (Phi) is 3.64. The van der Waals surface area contributed by atoms with Gasteiger partial charge in [0.05, 0.1) is 11.8 Å². The SMILES string of the molecule is CC(C)O[C@H](C)n1cccc1-c1ccccc1. The van der Waals surface area contributed by atoms with E-state index in [1.807, 2.05) is 6.07 Å². The number of aromatic nitrogens is 1. The smallest absolute Gasteiger partial charge is 0.131 e. The second kappa shape index (κ2) is 5.19. The molecule has 0 fully saturated rings. The molecule has 0 spiro atoms. The maximum atomic E-state index is 5.82. The lowest BCUT2D eigenvalue weighted by Crippen LogP contribution is -2.14. The predicted molar refractivity (Wildman–Crippen MR) is 70.8 cm³/mol. The highest BCUT2D eigenvalue weighted by atomic mass is 16.5. The van der Waals surface area contributed by atoms with Gasteiger partial charge in [0, 0.05) is 6.20 Å². The van der Waals surface area contributed by atoms with Crippen LogP contribution in [0.25, 0.3) is 11.3 Å². The van der Waals surface area contributed by atoms with Gasteiger partial charge in [-0.2, -0.15) is 0 Å². The molecule has 0 aliphatic carbocycles. The molecule has 90 valence electrons. The number of rotatable bonds is 4. The summed E-state index contributed by atoms with van der Waals surface area (Å²) in [6.45, 7) is 6.19. The molecule has 0 bridgehead atoms. The average molecular weight is 229 g/mol. The molecule has 1 aromatic carbocycles. The third kappa shape index (κ3) is 2.77. The molecule has 1 aromatic heterocycles. The van der Waals surface area contributed by atoms with E-state index < -0.39 is 0 Å². The third-order valence-corrected chi connectivity index (χ3v) is 2.71. The van der Waals surface area contributed by atoms with Crippen LogP contribution in [0.3, 0.4) is 0 Å². The summed E-state index contributed by atoms with van der Waals surface area (Å²) in [7, 11) is 0. The molecule has 2 nitrogen and oxygen atoms in total. The second-order valence-electron chi connectivity index (χ2n) is 4.45. The van der Waals surface area contributed by atoms with Crippen LogP contribution >= 0.6 is 0 Å². The standard InChI is InChI=1S/C15H19NO/c1-12(2)17-13(3)16-11-7-10-15(16)14-8-5-4-6-9-14/h4-13H,1-3H3/t13-/m1/s1. The highest BCUT2D eigenvalue weighted by molar-refractivity contribution is 5.59. The maximum Gasteiger partial charge on any atom is 0.131 e. The fourth-order valence-corrected chi connectivity index (χ4v) is 2.02. The minimum absolute atomic E-state index is 0.0557. The van der Waals surface area contributed by atoms with E-state index in [4.69, 9.17) is 4.74 Å². The van der Waals surface area contributed by atoms with Crippen molar-refractivity contribution in [2.24, 2.45) is 0 Å². The van der Waals surface area contributed by atoms with Gasteiger partial charge in [-0.15, -0.1) is 0 Å². The summed E-state index contributed by atoms with van der Waals surface area (Å²) in [4.78, 5) is 0. The zero-order valence-electron chi connectivity index (χ0n) is 10.6. The van der Waals surface area contributed by atoms with Crippen LogP contribution < -0.4 is 0 Å². The highest BCUT2D eigenvalue weighted by Gasteiger charge is 2.11. The first-order valence-corrected chi connectivity index (χ1v) is 6.06. The number of benzene rings is 1.